The molecule has 2 saturated carbocycles. The van der Waals surface area contributed by atoms with Gasteiger partial charge in [0.25, 0.3) is 0 Å². The lowest BCUT2D eigenvalue weighted by molar-refractivity contribution is -0.129. The van der Waals surface area contributed by atoms with Crippen LogP contribution < -0.4 is 0 Å². The van der Waals surface area contributed by atoms with Crippen LogP contribution in [-0.4, -0.2) is 16.0 Å². The first-order valence-corrected chi connectivity index (χ1v) is 8.09. The fourth-order valence-corrected chi connectivity index (χ4v) is 5.37. The third kappa shape index (κ3) is 1.69. The second-order valence-corrected chi connectivity index (χ2v) is 7.37. The Kier molecular flexibility index (Phi) is 2.66. The Morgan fingerprint density at radius 2 is 1.86 bits per heavy atom. The number of carbonyl (C=O) groups is 1. The first-order valence-electron chi connectivity index (χ1n) is 8.09. The molecule has 2 fully saturated rings. The average Bonchev–Trinajstić information content (AvgIpc) is 2.76. The molecule has 0 radical (unpaired) electrons. The number of fused-ring (bicyclic) bond motifs is 5. The summed E-state index contributed by atoms with van der Waals surface area (Å²) >= 11 is 0. The Hall–Kier alpha value is -1.51. The molecule has 4 rings (SSSR count). The molecule has 1 aromatic rings. The van der Waals surface area contributed by atoms with Gasteiger partial charge in [-0.25, -0.2) is 0 Å². The number of aryl methyl sites for hydroxylation is 1. The normalized spacial score (nSPS) is 37.8. The van der Waals surface area contributed by atoms with E-state index in [1.807, 2.05) is 0 Å². The summed E-state index contributed by atoms with van der Waals surface area (Å²) < 4.78 is 0. The van der Waals surface area contributed by atoms with Gasteiger partial charge in [0.15, 0.2) is 11.5 Å². The smallest absolute Gasteiger partial charge is 0.157 e. The molecular weight excluding hydrogens is 270 g/mol. The maximum atomic E-state index is 12.3. The van der Waals surface area contributed by atoms with Crippen LogP contribution in [0.25, 0.3) is 0 Å². The summed E-state index contributed by atoms with van der Waals surface area (Å²) in [5, 5.41) is 19.5. The van der Waals surface area contributed by atoms with E-state index in [1.54, 1.807) is 12.1 Å². The molecule has 0 heterocycles. The summed E-state index contributed by atoms with van der Waals surface area (Å²) in [6.45, 7) is 2.17. The van der Waals surface area contributed by atoms with Gasteiger partial charge in [-0.05, 0) is 73.1 Å². The Bertz CT molecular complexity index is 621. The van der Waals surface area contributed by atoms with E-state index in [-0.39, 0.29) is 16.9 Å². The number of Topliss-reactive ketones (excluding diaryl/α,β-unsaturated/α-hetero) is 1. The van der Waals surface area contributed by atoms with E-state index in [4.69, 9.17) is 0 Å². The lowest BCUT2D eigenvalue weighted by Gasteiger charge is -2.48. The highest BCUT2D eigenvalue weighted by molar-refractivity contribution is 5.87. The van der Waals surface area contributed by atoms with E-state index in [2.05, 4.69) is 6.92 Å². The van der Waals surface area contributed by atoms with Gasteiger partial charge in [-0.2, -0.15) is 0 Å². The van der Waals surface area contributed by atoms with Crippen LogP contribution in [0.5, 0.6) is 11.5 Å². The maximum absolute atomic E-state index is 12.3. The summed E-state index contributed by atoms with van der Waals surface area (Å²) in [4.78, 5) is 12.3. The average molecular weight is 292 g/mol. The molecule has 0 unspecified atom stereocenters. The quantitative estimate of drug-likeness (QED) is 0.568. The molecule has 4 atom stereocenters. The first-order chi connectivity index (χ1) is 10.0. The number of aromatic hydroxyl groups is 2. The van der Waals surface area contributed by atoms with Crippen molar-refractivity contribution in [2.24, 2.45) is 17.3 Å². The highest BCUT2D eigenvalue weighted by Gasteiger charge is 2.54. The molecule has 1 aromatic carbocycles. The van der Waals surface area contributed by atoms with Gasteiger partial charge in [0, 0.05) is 11.8 Å². The zero-order valence-corrected chi connectivity index (χ0v) is 12.4. The van der Waals surface area contributed by atoms with Crippen molar-refractivity contribution in [3.8, 4) is 11.5 Å². The zero-order valence-electron chi connectivity index (χ0n) is 12.4. The molecule has 0 spiro atoms. The second-order valence-electron chi connectivity index (χ2n) is 7.37. The van der Waals surface area contributed by atoms with Crippen molar-refractivity contribution in [1.82, 2.24) is 0 Å². The zero-order chi connectivity index (χ0) is 14.8. The monoisotopic (exact) mass is 292 g/mol. The van der Waals surface area contributed by atoms with Crippen LogP contribution in [0.2, 0.25) is 0 Å². The predicted molar refractivity (Wildman–Crippen MR) is 79.4 cm³/mol. The number of hydrogen-bond acceptors (Lipinski definition) is 3. The number of carbonyl (C=O) groups excluding carboxylic acids is 1. The van der Waals surface area contributed by atoms with Crippen LogP contribution in [-0.2, 0) is 11.2 Å². The Balaban J connectivity index is 1.75. The molecule has 0 aliphatic heterocycles. The summed E-state index contributed by atoms with van der Waals surface area (Å²) in [5.41, 5.74) is 2.29. The molecule has 0 saturated heterocycles. The highest BCUT2D eigenvalue weighted by Crippen LogP contribution is 2.59. The number of phenols is 2. The maximum Gasteiger partial charge on any atom is 0.157 e. The summed E-state index contributed by atoms with van der Waals surface area (Å²) in [5.74, 6) is 1.96. The van der Waals surface area contributed by atoms with Crippen LogP contribution >= 0.6 is 0 Å². The van der Waals surface area contributed by atoms with Crippen molar-refractivity contribution in [2.45, 2.75) is 51.4 Å². The summed E-state index contributed by atoms with van der Waals surface area (Å²) in [6.07, 6.45) is 5.84. The van der Waals surface area contributed by atoms with Crippen LogP contribution in [0, 0.1) is 17.3 Å². The van der Waals surface area contributed by atoms with E-state index in [1.165, 1.54) is 11.1 Å². The molecule has 3 aliphatic rings. The summed E-state index contributed by atoms with van der Waals surface area (Å²) in [7, 11) is 0. The molecule has 21 heavy (non-hydrogen) atoms. The fraction of sp³-hybridized carbons (Fsp3) is 0.611. The largest absolute Gasteiger partial charge is 0.504 e. The van der Waals surface area contributed by atoms with Crippen molar-refractivity contribution in [1.29, 1.82) is 0 Å². The van der Waals surface area contributed by atoms with E-state index < -0.39 is 0 Å². The van der Waals surface area contributed by atoms with Gasteiger partial charge in [0.05, 0.1) is 0 Å². The topological polar surface area (TPSA) is 57.5 Å². The van der Waals surface area contributed by atoms with E-state index in [0.717, 1.165) is 38.5 Å². The minimum absolute atomic E-state index is 0.00904. The lowest BCUT2D eigenvalue weighted by Crippen LogP contribution is -2.42. The van der Waals surface area contributed by atoms with Gasteiger partial charge < -0.3 is 10.2 Å². The van der Waals surface area contributed by atoms with Gasteiger partial charge in [-0.1, -0.05) is 6.92 Å². The molecule has 112 valence electrons. The molecule has 0 amide bonds. The van der Waals surface area contributed by atoms with Crippen molar-refractivity contribution in [2.75, 3.05) is 0 Å². The molecular formula is C18H22O3. The van der Waals surface area contributed by atoms with Gasteiger partial charge in [0.1, 0.15) is 5.78 Å². The van der Waals surface area contributed by atoms with E-state index >= 15 is 0 Å². The highest BCUT2D eigenvalue weighted by atomic mass is 16.3. The molecule has 3 heteroatoms. The number of phenolic OH excluding ortho intramolecular Hbond substituents is 2. The van der Waals surface area contributed by atoms with Crippen LogP contribution in [0.3, 0.4) is 0 Å². The first kappa shape index (κ1) is 13.2. The predicted octanol–water partition coefficient (Wildman–Crippen LogP) is 3.52. The van der Waals surface area contributed by atoms with Gasteiger partial charge in [-0.3, -0.25) is 4.79 Å². The lowest BCUT2D eigenvalue weighted by atomic mass is 9.73. The standard InChI is InChI=1S/C18H22O3/c1-18-7-6-11-12(14(18)4-5-17(18)21)3-2-10-8-15(19)16(20)9-13(10)11/h8-9,11-12,14,19-20H,2-7H2,1H3/t11-,12+,14-,18-/m0/s1/i1+1,4+1,5+1,14+1,17+1,18+1. The number of rotatable bonds is 0. The van der Waals surface area contributed by atoms with Crippen molar-refractivity contribution >= 4 is 5.78 Å². The summed E-state index contributed by atoms with van der Waals surface area (Å²) in [6, 6.07) is 3.50. The van der Waals surface area contributed by atoms with Gasteiger partial charge in [0.2, 0.25) is 0 Å². The molecule has 2 N–H and O–H groups in total. The van der Waals surface area contributed by atoms with Crippen LogP contribution in [0.4, 0.5) is 0 Å². The third-order valence-corrected chi connectivity index (χ3v) is 6.53. The fourth-order valence-electron chi connectivity index (χ4n) is 5.37. The second kappa shape index (κ2) is 4.25. The van der Waals surface area contributed by atoms with Gasteiger partial charge in [-0.15, -0.1) is 0 Å². The molecule has 3 nitrogen and oxygen atoms in total. The minimum Gasteiger partial charge on any atom is -0.504 e. The number of benzene rings is 1. The van der Waals surface area contributed by atoms with Crippen LogP contribution in [0.15, 0.2) is 12.1 Å². The number of ketones is 1. The SMILES string of the molecule is [13CH3][13C@]12CC[C@@H]3c4cc(O)c(O)cc4CC[C@H]3[13C@@H]1[13CH2][13CH2][13C]2=O. The molecule has 3 aliphatic carbocycles. The van der Waals surface area contributed by atoms with Crippen molar-refractivity contribution in [3.63, 3.8) is 0 Å². The van der Waals surface area contributed by atoms with Crippen molar-refractivity contribution in [3.05, 3.63) is 23.3 Å². The Labute approximate surface area is 125 Å². The van der Waals surface area contributed by atoms with E-state index in [0.29, 0.717) is 23.5 Å². The minimum atomic E-state index is -0.0996. The van der Waals surface area contributed by atoms with Crippen LogP contribution in [0.1, 0.15) is 56.1 Å². The van der Waals surface area contributed by atoms with Crippen molar-refractivity contribution < 1.29 is 15.0 Å². The molecule has 0 bridgehead atoms. The van der Waals surface area contributed by atoms with E-state index in [9.17, 15) is 15.0 Å². The number of hydrogen-bond donors (Lipinski definition) is 2. The van der Waals surface area contributed by atoms with Gasteiger partial charge >= 0.3 is 0 Å². The third-order valence-electron chi connectivity index (χ3n) is 6.53. The Morgan fingerprint density at radius 1 is 1.10 bits per heavy atom. The Morgan fingerprint density at radius 3 is 2.67 bits per heavy atom. The molecule has 0 aromatic heterocycles.